The van der Waals surface area contributed by atoms with Crippen LogP contribution in [-0.4, -0.2) is 63.4 Å². The number of likely N-dealkylation sites (tertiary alicyclic amines) is 1. The van der Waals surface area contributed by atoms with Crippen LogP contribution in [0.5, 0.6) is 0 Å². The van der Waals surface area contributed by atoms with Gasteiger partial charge >= 0.3 is 6.18 Å². The van der Waals surface area contributed by atoms with Gasteiger partial charge in [0, 0.05) is 30.9 Å². The Morgan fingerprint density at radius 2 is 1.94 bits per heavy atom. The van der Waals surface area contributed by atoms with Crippen molar-refractivity contribution in [2.75, 3.05) is 11.9 Å². The number of hydrogen-bond donors (Lipinski definition) is 3. The monoisotopic (exact) mass is 492 g/mol. The minimum atomic E-state index is -4.50. The fourth-order valence-corrected chi connectivity index (χ4v) is 5.24. The van der Waals surface area contributed by atoms with E-state index in [2.05, 4.69) is 39.8 Å². The average Bonchev–Trinajstić information content (AvgIpc) is 3.12. The molecule has 2 aromatic rings. The van der Waals surface area contributed by atoms with Gasteiger partial charge in [-0.3, -0.25) is 9.59 Å². The van der Waals surface area contributed by atoms with Gasteiger partial charge in [-0.15, -0.1) is 0 Å². The van der Waals surface area contributed by atoms with Crippen LogP contribution in [0.1, 0.15) is 52.0 Å². The van der Waals surface area contributed by atoms with Crippen molar-refractivity contribution in [2.45, 2.75) is 82.8 Å². The molecule has 1 unspecified atom stereocenters. The Morgan fingerprint density at radius 3 is 2.63 bits per heavy atom. The zero-order chi connectivity index (χ0) is 25.3. The van der Waals surface area contributed by atoms with Crippen LogP contribution in [0.3, 0.4) is 0 Å². The molecule has 1 aromatic carbocycles. The number of rotatable bonds is 6. The number of carbonyl (C=O) groups is 2. The number of benzene rings is 1. The number of carbonyl (C=O) groups excluding carboxylic acids is 2. The van der Waals surface area contributed by atoms with E-state index in [9.17, 15) is 22.8 Å². The van der Waals surface area contributed by atoms with E-state index in [4.69, 9.17) is 0 Å². The lowest BCUT2D eigenvalue weighted by Gasteiger charge is -2.42. The van der Waals surface area contributed by atoms with Gasteiger partial charge in [-0.25, -0.2) is 9.97 Å². The van der Waals surface area contributed by atoms with E-state index in [1.807, 2.05) is 0 Å². The van der Waals surface area contributed by atoms with E-state index < -0.39 is 17.8 Å². The second-order valence-electron chi connectivity index (χ2n) is 9.67. The van der Waals surface area contributed by atoms with Crippen LogP contribution in [0.2, 0.25) is 0 Å². The number of hydrogen-bond acceptors (Lipinski definition) is 6. The summed E-state index contributed by atoms with van der Waals surface area (Å²) in [7, 11) is 0. The molecule has 190 valence electrons. The molecule has 3 N–H and O–H groups in total. The number of fused-ring (bicyclic) bond motifs is 1. The second-order valence-corrected chi connectivity index (χ2v) is 9.67. The molecular formula is C24H31F3N6O2. The van der Waals surface area contributed by atoms with Gasteiger partial charge in [0.15, 0.2) is 0 Å². The Hall–Kier alpha value is -2.95. The molecule has 4 rings (SSSR count). The molecule has 2 heterocycles. The summed E-state index contributed by atoms with van der Waals surface area (Å²) in [6.45, 7) is 6.13. The maximum Gasteiger partial charge on any atom is 0.416 e. The van der Waals surface area contributed by atoms with Gasteiger partial charge in [-0.05, 0) is 43.9 Å². The summed E-state index contributed by atoms with van der Waals surface area (Å²) >= 11 is 0. The summed E-state index contributed by atoms with van der Waals surface area (Å²) < 4.78 is 39.7. The van der Waals surface area contributed by atoms with Crippen molar-refractivity contribution < 1.29 is 22.8 Å². The van der Waals surface area contributed by atoms with Gasteiger partial charge in [-0.1, -0.05) is 13.8 Å². The summed E-state index contributed by atoms with van der Waals surface area (Å²) in [6.07, 6.45) is -0.383. The molecule has 4 atom stereocenters. The van der Waals surface area contributed by atoms with Crippen LogP contribution in [-0.2, 0) is 15.8 Å². The average molecular weight is 493 g/mol. The first-order chi connectivity index (χ1) is 16.5. The number of aromatic nitrogens is 2. The maximum atomic E-state index is 13.4. The van der Waals surface area contributed by atoms with Gasteiger partial charge in [0.05, 0.1) is 23.2 Å². The Labute approximate surface area is 202 Å². The van der Waals surface area contributed by atoms with Gasteiger partial charge in [0.2, 0.25) is 11.8 Å². The lowest BCUT2D eigenvalue weighted by atomic mass is 9.85. The minimum absolute atomic E-state index is 0.137. The molecule has 0 bridgehead atoms. The smallest absolute Gasteiger partial charge is 0.358 e. The third kappa shape index (κ3) is 5.66. The Balaban J connectivity index is 1.51. The van der Waals surface area contributed by atoms with Gasteiger partial charge in [0.1, 0.15) is 18.2 Å². The molecule has 1 aliphatic carbocycles. The number of nitrogens with zero attached hydrogens (tertiary/aromatic N) is 3. The van der Waals surface area contributed by atoms with Crippen molar-refractivity contribution in [3.8, 4) is 0 Å². The van der Waals surface area contributed by atoms with E-state index in [1.54, 1.807) is 4.90 Å². The highest BCUT2D eigenvalue weighted by Crippen LogP contribution is 2.34. The lowest BCUT2D eigenvalue weighted by molar-refractivity contribution is -0.137. The van der Waals surface area contributed by atoms with E-state index in [-0.39, 0.29) is 41.1 Å². The fourth-order valence-electron chi connectivity index (χ4n) is 5.24. The van der Waals surface area contributed by atoms with Gasteiger partial charge < -0.3 is 20.9 Å². The van der Waals surface area contributed by atoms with E-state index in [0.29, 0.717) is 24.5 Å². The van der Waals surface area contributed by atoms with Crippen molar-refractivity contribution in [1.82, 2.24) is 25.5 Å². The summed E-state index contributed by atoms with van der Waals surface area (Å²) in [5, 5.41) is 9.82. The van der Waals surface area contributed by atoms with E-state index in [0.717, 1.165) is 31.4 Å². The molecule has 2 fully saturated rings. The Kier molecular flexibility index (Phi) is 7.16. The van der Waals surface area contributed by atoms with E-state index in [1.165, 1.54) is 19.3 Å². The zero-order valence-corrected chi connectivity index (χ0v) is 20.0. The van der Waals surface area contributed by atoms with Crippen molar-refractivity contribution >= 4 is 28.5 Å². The maximum absolute atomic E-state index is 13.4. The number of alkyl halides is 3. The van der Waals surface area contributed by atoms with Crippen LogP contribution in [0.4, 0.5) is 19.0 Å². The number of nitrogens with one attached hydrogen (secondary N) is 3. The highest BCUT2D eigenvalue weighted by atomic mass is 19.4. The predicted octanol–water partition coefficient (Wildman–Crippen LogP) is 3.09. The quantitative estimate of drug-likeness (QED) is 0.573. The van der Waals surface area contributed by atoms with E-state index >= 15 is 0 Å². The fraction of sp³-hybridized carbons (Fsp3) is 0.583. The molecular weight excluding hydrogens is 461 g/mol. The largest absolute Gasteiger partial charge is 0.416 e. The molecule has 1 aromatic heterocycles. The zero-order valence-electron chi connectivity index (χ0n) is 20.0. The van der Waals surface area contributed by atoms with Gasteiger partial charge in [0.25, 0.3) is 0 Å². The number of anilines is 1. The first-order valence-corrected chi connectivity index (χ1v) is 11.9. The first kappa shape index (κ1) is 25.2. The first-order valence-electron chi connectivity index (χ1n) is 11.9. The molecule has 0 radical (unpaired) electrons. The van der Waals surface area contributed by atoms with Crippen LogP contribution in [0, 0.1) is 0 Å². The molecule has 0 spiro atoms. The third-order valence-corrected chi connectivity index (χ3v) is 6.69. The highest BCUT2D eigenvalue weighted by molar-refractivity contribution is 5.93. The van der Waals surface area contributed by atoms with Crippen molar-refractivity contribution in [2.24, 2.45) is 0 Å². The third-order valence-electron chi connectivity index (χ3n) is 6.69. The molecule has 2 aliphatic rings. The molecule has 2 amide bonds. The topological polar surface area (TPSA) is 99.2 Å². The summed E-state index contributed by atoms with van der Waals surface area (Å²) in [4.78, 5) is 35.2. The van der Waals surface area contributed by atoms with Crippen LogP contribution < -0.4 is 16.0 Å². The number of amides is 2. The second kappa shape index (κ2) is 9.96. The molecule has 8 nitrogen and oxygen atoms in total. The lowest BCUT2D eigenvalue weighted by Crippen LogP contribution is -2.58. The summed E-state index contributed by atoms with van der Waals surface area (Å²) in [6, 6.07) is 2.93. The number of halogens is 3. The van der Waals surface area contributed by atoms with Crippen LogP contribution >= 0.6 is 0 Å². The molecule has 1 aliphatic heterocycles. The Bertz CT molecular complexity index is 1090. The van der Waals surface area contributed by atoms with Crippen molar-refractivity contribution in [3.05, 3.63) is 30.1 Å². The molecule has 1 saturated heterocycles. The highest BCUT2D eigenvalue weighted by Gasteiger charge is 2.42. The standard InChI is InChI=1S/C24H31F3N6O2/c1-13(2)30-16-5-7-21(20(11-16)31-14(3)34)33-9-8-19(23(33)35)32-22-17-10-15(24(25,26)27)4-6-18(17)28-12-29-22/h4,6,10,12-13,16,19-21,30H,5,7-9,11H2,1-3H3,(H,31,34)(H,28,29,32)/t16-,19?,20-,21+/m1/s1. The molecule has 1 saturated carbocycles. The van der Waals surface area contributed by atoms with Crippen molar-refractivity contribution in [1.29, 1.82) is 0 Å². The minimum Gasteiger partial charge on any atom is -0.358 e. The Morgan fingerprint density at radius 1 is 1.17 bits per heavy atom. The summed E-state index contributed by atoms with van der Waals surface area (Å²) in [5.41, 5.74) is -0.438. The van der Waals surface area contributed by atoms with Gasteiger partial charge in [-0.2, -0.15) is 13.2 Å². The van der Waals surface area contributed by atoms with Crippen molar-refractivity contribution in [3.63, 3.8) is 0 Å². The van der Waals surface area contributed by atoms with Crippen LogP contribution in [0.15, 0.2) is 24.5 Å². The summed E-state index contributed by atoms with van der Waals surface area (Å²) in [5.74, 6) is -0.0802. The molecule has 35 heavy (non-hydrogen) atoms. The van der Waals surface area contributed by atoms with Crippen LogP contribution in [0.25, 0.3) is 10.9 Å². The predicted molar refractivity (Wildman–Crippen MR) is 126 cm³/mol. The molecule has 11 heteroatoms. The SMILES string of the molecule is CC(=O)N[C@@H]1C[C@H](NC(C)C)CC[C@@H]1N1CCC(Nc2ncnc3ccc(C(F)(F)F)cc23)C1=O. The normalized spacial score (nSPS) is 25.3.